The van der Waals surface area contributed by atoms with Crippen LogP contribution < -0.4 is 5.32 Å². The highest BCUT2D eigenvalue weighted by molar-refractivity contribution is 5.95. The van der Waals surface area contributed by atoms with E-state index in [0.29, 0.717) is 11.3 Å². The van der Waals surface area contributed by atoms with E-state index in [0.717, 1.165) is 0 Å². The largest absolute Gasteiger partial charge is 0.459 e. The minimum absolute atomic E-state index is 0.0104. The van der Waals surface area contributed by atoms with Gasteiger partial charge in [0.2, 0.25) is 5.91 Å². The van der Waals surface area contributed by atoms with E-state index in [2.05, 4.69) is 10.1 Å². The van der Waals surface area contributed by atoms with Gasteiger partial charge in [-0.3, -0.25) is 14.4 Å². The van der Waals surface area contributed by atoms with Crippen LogP contribution in [0.25, 0.3) is 0 Å². The zero-order valence-corrected chi connectivity index (χ0v) is 13.4. The number of halogens is 4. The van der Waals surface area contributed by atoms with Gasteiger partial charge >= 0.3 is 18.3 Å². The summed E-state index contributed by atoms with van der Waals surface area (Å²) in [6, 6.07) is 6.15. The lowest BCUT2D eigenvalue weighted by Gasteiger charge is -2.14. The van der Waals surface area contributed by atoms with Crippen molar-refractivity contribution in [3.63, 3.8) is 0 Å². The van der Waals surface area contributed by atoms with Gasteiger partial charge < -0.3 is 10.1 Å². The third-order valence-corrected chi connectivity index (χ3v) is 3.10. The van der Waals surface area contributed by atoms with E-state index in [1.54, 1.807) is 12.1 Å². The van der Waals surface area contributed by atoms with Gasteiger partial charge in [0.25, 0.3) is 0 Å². The van der Waals surface area contributed by atoms with Crippen LogP contribution in [-0.4, -0.2) is 36.6 Å². The number of hydrogen-bond donors (Lipinski definition) is 1. The maximum absolute atomic E-state index is 12.6. The molecule has 25 heavy (non-hydrogen) atoms. The number of alkyl halides is 4. The number of nitrogens with one attached hydrogen (secondary N) is 1. The SMILES string of the molecule is CC(=O)c1ccc(NC(=O)CCCC(=O)OCC(F)(F)C(F)F)cc1. The number of Topliss-reactive ketones (excluding diaryl/α,β-unsaturated/α-hetero) is 1. The molecule has 1 aromatic rings. The first-order valence-corrected chi connectivity index (χ1v) is 7.34. The monoisotopic (exact) mass is 363 g/mol. The fraction of sp³-hybridized carbons (Fsp3) is 0.438. The molecule has 0 aliphatic heterocycles. The summed E-state index contributed by atoms with van der Waals surface area (Å²) in [6.07, 6.45) is -4.35. The van der Waals surface area contributed by atoms with E-state index in [1.165, 1.54) is 19.1 Å². The van der Waals surface area contributed by atoms with E-state index < -0.39 is 30.8 Å². The number of ether oxygens (including phenoxy) is 1. The Morgan fingerprint density at radius 3 is 2.24 bits per heavy atom. The van der Waals surface area contributed by atoms with Crippen molar-refractivity contribution < 1.29 is 36.7 Å². The molecule has 0 saturated heterocycles. The minimum atomic E-state index is -4.39. The second-order valence-electron chi connectivity index (χ2n) is 5.26. The Kier molecular flexibility index (Phi) is 7.53. The van der Waals surface area contributed by atoms with Gasteiger partial charge in [-0.05, 0) is 37.6 Å². The second kappa shape index (κ2) is 9.14. The van der Waals surface area contributed by atoms with Crippen molar-refractivity contribution in [2.24, 2.45) is 0 Å². The van der Waals surface area contributed by atoms with Gasteiger partial charge in [0.15, 0.2) is 12.4 Å². The van der Waals surface area contributed by atoms with Gasteiger partial charge in [-0.25, -0.2) is 8.78 Å². The molecule has 0 heterocycles. The fourth-order valence-corrected chi connectivity index (χ4v) is 1.72. The van der Waals surface area contributed by atoms with Gasteiger partial charge in [0, 0.05) is 24.1 Å². The van der Waals surface area contributed by atoms with Gasteiger partial charge in [-0.15, -0.1) is 0 Å². The quantitative estimate of drug-likeness (QED) is 0.414. The van der Waals surface area contributed by atoms with Crippen LogP contribution in [0.3, 0.4) is 0 Å². The maximum atomic E-state index is 12.6. The van der Waals surface area contributed by atoms with Crippen molar-refractivity contribution >= 4 is 23.3 Å². The lowest BCUT2D eigenvalue weighted by atomic mass is 10.1. The molecule has 0 saturated carbocycles. The Morgan fingerprint density at radius 2 is 1.72 bits per heavy atom. The van der Waals surface area contributed by atoms with E-state index >= 15 is 0 Å². The molecular formula is C16H17F4NO4. The Balaban J connectivity index is 2.30. The molecule has 0 bridgehead atoms. The summed E-state index contributed by atoms with van der Waals surface area (Å²) in [7, 11) is 0. The molecule has 0 atom stereocenters. The van der Waals surface area contributed by atoms with E-state index in [4.69, 9.17) is 0 Å². The molecule has 0 aliphatic rings. The normalized spacial score (nSPS) is 11.3. The summed E-state index contributed by atoms with van der Waals surface area (Å²) in [5, 5.41) is 2.53. The highest BCUT2D eigenvalue weighted by atomic mass is 19.3. The Bertz CT molecular complexity index is 617. The summed E-state index contributed by atoms with van der Waals surface area (Å²) < 4.78 is 53.0. The number of ketones is 1. The molecule has 9 heteroatoms. The summed E-state index contributed by atoms with van der Waals surface area (Å²) in [5.41, 5.74) is 0.940. The number of hydrogen-bond acceptors (Lipinski definition) is 4. The number of carbonyl (C=O) groups excluding carboxylic acids is 3. The number of rotatable bonds is 9. The Morgan fingerprint density at radius 1 is 1.12 bits per heavy atom. The fourth-order valence-electron chi connectivity index (χ4n) is 1.72. The molecule has 0 unspecified atom stereocenters. The van der Waals surface area contributed by atoms with Crippen molar-refractivity contribution in [2.75, 3.05) is 11.9 Å². The van der Waals surface area contributed by atoms with Gasteiger partial charge in [0.1, 0.15) is 0 Å². The van der Waals surface area contributed by atoms with Crippen LogP contribution in [0.15, 0.2) is 24.3 Å². The van der Waals surface area contributed by atoms with Crippen LogP contribution in [0, 0.1) is 0 Å². The first-order valence-electron chi connectivity index (χ1n) is 7.34. The lowest BCUT2D eigenvalue weighted by molar-refractivity contribution is -0.179. The predicted octanol–water partition coefficient (Wildman–Crippen LogP) is 3.44. The van der Waals surface area contributed by atoms with Crippen LogP contribution in [0.4, 0.5) is 23.2 Å². The molecule has 0 aliphatic carbocycles. The highest BCUT2D eigenvalue weighted by Crippen LogP contribution is 2.23. The number of esters is 1. The first kappa shape index (κ1) is 20.6. The van der Waals surface area contributed by atoms with Crippen LogP contribution in [-0.2, 0) is 14.3 Å². The highest BCUT2D eigenvalue weighted by Gasteiger charge is 2.42. The van der Waals surface area contributed by atoms with Crippen LogP contribution in [0.5, 0.6) is 0 Å². The third kappa shape index (κ3) is 7.32. The molecule has 1 N–H and O–H groups in total. The van der Waals surface area contributed by atoms with Crippen molar-refractivity contribution in [2.45, 2.75) is 38.5 Å². The zero-order valence-electron chi connectivity index (χ0n) is 13.4. The van der Waals surface area contributed by atoms with Crippen molar-refractivity contribution in [3.05, 3.63) is 29.8 Å². The van der Waals surface area contributed by atoms with Gasteiger partial charge in [-0.2, -0.15) is 8.78 Å². The maximum Gasteiger partial charge on any atom is 0.340 e. The minimum Gasteiger partial charge on any atom is -0.459 e. The first-order chi connectivity index (χ1) is 11.6. The van der Waals surface area contributed by atoms with E-state index in [-0.39, 0.29) is 25.0 Å². The van der Waals surface area contributed by atoms with Gasteiger partial charge in [-0.1, -0.05) is 0 Å². The second-order valence-corrected chi connectivity index (χ2v) is 5.26. The number of amides is 1. The predicted molar refractivity (Wildman–Crippen MR) is 80.8 cm³/mol. The number of benzene rings is 1. The Labute approximate surface area is 141 Å². The van der Waals surface area contributed by atoms with Crippen molar-refractivity contribution in [3.8, 4) is 0 Å². The standard InChI is InChI=1S/C16H17F4NO4/c1-10(22)11-5-7-12(8-6-11)21-13(23)3-2-4-14(24)25-9-16(19,20)15(17)18/h5-8,15H,2-4,9H2,1H3,(H,21,23). The summed E-state index contributed by atoms with van der Waals surface area (Å²) in [5.74, 6) is -6.02. The molecule has 0 radical (unpaired) electrons. The molecular weight excluding hydrogens is 346 g/mol. The molecule has 0 aromatic heterocycles. The zero-order chi connectivity index (χ0) is 19.0. The molecule has 0 fully saturated rings. The summed E-state index contributed by atoms with van der Waals surface area (Å²) in [6.45, 7) is -0.290. The van der Waals surface area contributed by atoms with Gasteiger partial charge in [0.05, 0.1) is 0 Å². The van der Waals surface area contributed by atoms with E-state index in [1.807, 2.05) is 0 Å². The van der Waals surface area contributed by atoms with Crippen molar-refractivity contribution in [1.29, 1.82) is 0 Å². The molecule has 138 valence electrons. The summed E-state index contributed by atoms with van der Waals surface area (Å²) >= 11 is 0. The molecule has 1 amide bonds. The average Bonchev–Trinajstić information content (AvgIpc) is 2.53. The number of anilines is 1. The lowest BCUT2D eigenvalue weighted by Crippen LogP contribution is -2.33. The van der Waals surface area contributed by atoms with Crippen LogP contribution >= 0.6 is 0 Å². The van der Waals surface area contributed by atoms with Crippen LogP contribution in [0.1, 0.15) is 36.5 Å². The molecule has 1 rings (SSSR count). The van der Waals surface area contributed by atoms with Crippen LogP contribution in [0.2, 0.25) is 0 Å². The molecule has 0 spiro atoms. The van der Waals surface area contributed by atoms with Crippen molar-refractivity contribution in [1.82, 2.24) is 0 Å². The molecule has 5 nitrogen and oxygen atoms in total. The topological polar surface area (TPSA) is 72.5 Å². The average molecular weight is 363 g/mol. The smallest absolute Gasteiger partial charge is 0.340 e. The molecule has 1 aromatic carbocycles. The summed E-state index contributed by atoms with van der Waals surface area (Å²) in [4.78, 5) is 34.0. The Hall–Kier alpha value is -2.45. The van der Waals surface area contributed by atoms with E-state index in [9.17, 15) is 31.9 Å². The third-order valence-electron chi connectivity index (χ3n) is 3.10. The number of carbonyl (C=O) groups is 3.